The number of ether oxygens (including phenoxy) is 1. The van der Waals surface area contributed by atoms with Gasteiger partial charge < -0.3 is 4.74 Å². The number of hydrogen-bond acceptors (Lipinski definition) is 4. The number of benzene rings is 2. The van der Waals surface area contributed by atoms with Crippen molar-refractivity contribution in [2.24, 2.45) is 0 Å². The molecule has 2 aromatic rings. The first kappa shape index (κ1) is 19.5. The van der Waals surface area contributed by atoms with E-state index in [2.05, 4.69) is 0 Å². The van der Waals surface area contributed by atoms with Crippen LogP contribution in [-0.2, 0) is 9.59 Å². The molecule has 6 heteroatoms. The van der Waals surface area contributed by atoms with Gasteiger partial charge in [-0.2, -0.15) is 0 Å². The number of hydrogen-bond donors (Lipinski definition) is 0. The lowest BCUT2D eigenvalue weighted by atomic mass is 10.1. The number of thioether (sulfide) groups is 1. The van der Waals surface area contributed by atoms with Gasteiger partial charge in [0.15, 0.2) is 0 Å². The highest BCUT2D eigenvalue weighted by atomic mass is 35.5. The fourth-order valence-electron chi connectivity index (χ4n) is 2.84. The first-order valence-corrected chi connectivity index (χ1v) is 10.1. The summed E-state index contributed by atoms with van der Waals surface area (Å²) in [6, 6.07) is 14.0. The maximum absolute atomic E-state index is 13.1. The molecule has 140 valence electrons. The largest absolute Gasteiger partial charge is 0.491 e. The summed E-state index contributed by atoms with van der Waals surface area (Å²) in [7, 11) is 0. The fourth-order valence-corrected chi connectivity index (χ4v) is 3.82. The molecule has 0 atom stereocenters. The van der Waals surface area contributed by atoms with E-state index in [1.54, 1.807) is 24.3 Å². The van der Waals surface area contributed by atoms with E-state index in [1.807, 2.05) is 45.0 Å². The predicted molar refractivity (Wildman–Crippen MR) is 111 cm³/mol. The van der Waals surface area contributed by atoms with Crippen LogP contribution in [0.3, 0.4) is 0 Å². The first-order chi connectivity index (χ1) is 12.9. The van der Waals surface area contributed by atoms with Gasteiger partial charge in [0.1, 0.15) is 5.75 Å². The van der Waals surface area contributed by atoms with Crippen molar-refractivity contribution < 1.29 is 14.3 Å². The van der Waals surface area contributed by atoms with Gasteiger partial charge in [-0.25, -0.2) is 4.90 Å². The van der Waals surface area contributed by atoms with E-state index in [9.17, 15) is 9.59 Å². The molecule has 0 unspecified atom stereocenters. The standard InChI is InChI=1S/C21H20ClNO3S/c1-4-27-19-18(14-5-11-17(12-6-14)26-13(2)3)20(24)23(21(19)25)16-9-7-15(22)8-10-16/h5-13H,4H2,1-3H3. The van der Waals surface area contributed by atoms with Gasteiger partial charge in [0.25, 0.3) is 11.8 Å². The van der Waals surface area contributed by atoms with Gasteiger partial charge in [-0.1, -0.05) is 30.7 Å². The number of nitrogens with zero attached hydrogens (tertiary/aromatic N) is 1. The van der Waals surface area contributed by atoms with Crippen LogP contribution in [0.15, 0.2) is 53.4 Å². The van der Waals surface area contributed by atoms with Crippen LogP contribution in [0.25, 0.3) is 5.57 Å². The van der Waals surface area contributed by atoms with Crippen LogP contribution in [-0.4, -0.2) is 23.7 Å². The summed E-state index contributed by atoms with van der Waals surface area (Å²) in [6.07, 6.45) is 0.0661. The lowest BCUT2D eigenvalue weighted by Crippen LogP contribution is -2.31. The van der Waals surface area contributed by atoms with Crippen molar-refractivity contribution in [2.45, 2.75) is 26.9 Å². The lowest BCUT2D eigenvalue weighted by molar-refractivity contribution is -0.119. The average molecular weight is 402 g/mol. The number of amides is 2. The van der Waals surface area contributed by atoms with Crippen molar-refractivity contribution in [1.29, 1.82) is 0 Å². The van der Waals surface area contributed by atoms with Crippen molar-refractivity contribution in [3.63, 3.8) is 0 Å². The summed E-state index contributed by atoms with van der Waals surface area (Å²) in [6.45, 7) is 5.86. The smallest absolute Gasteiger partial charge is 0.272 e. The van der Waals surface area contributed by atoms with Crippen LogP contribution < -0.4 is 9.64 Å². The minimum absolute atomic E-state index is 0.0661. The summed E-state index contributed by atoms with van der Waals surface area (Å²) < 4.78 is 5.66. The van der Waals surface area contributed by atoms with Crippen LogP contribution >= 0.6 is 23.4 Å². The second-order valence-electron chi connectivity index (χ2n) is 6.25. The highest BCUT2D eigenvalue weighted by molar-refractivity contribution is 8.04. The highest BCUT2D eigenvalue weighted by Gasteiger charge is 2.39. The summed E-state index contributed by atoms with van der Waals surface area (Å²) in [5.74, 6) is 0.800. The van der Waals surface area contributed by atoms with Gasteiger partial charge in [-0.05, 0) is 61.6 Å². The lowest BCUT2D eigenvalue weighted by Gasteiger charge is -2.15. The van der Waals surface area contributed by atoms with Gasteiger partial charge in [-0.3, -0.25) is 9.59 Å². The maximum atomic E-state index is 13.1. The molecule has 0 bridgehead atoms. The van der Waals surface area contributed by atoms with Gasteiger partial charge in [0.2, 0.25) is 0 Å². The summed E-state index contributed by atoms with van der Waals surface area (Å²) in [5.41, 5.74) is 1.65. The average Bonchev–Trinajstić information content (AvgIpc) is 2.87. The molecule has 0 saturated carbocycles. The normalized spacial score (nSPS) is 14.5. The Morgan fingerprint density at radius 1 is 1.00 bits per heavy atom. The third-order valence-electron chi connectivity index (χ3n) is 3.93. The number of anilines is 1. The molecule has 3 rings (SSSR count). The van der Waals surface area contributed by atoms with E-state index in [4.69, 9.17) is 16.3 Å². The molecule has 2 amide bonds. The van der Waals surface area contributed by atoms with Crippen LogP contribution in [0.1, 0.15) is 26.3 Å². The van der Waals surface area contributed by atoms with Crippen molar-refractivity contribution in [3.8, 4) is 5.75 Å². The molecule has 0 fully saturated rings. The van der Waals surface area contributed by atoms with Crippen molar-refractivity contribution in [1.82, 2.24) is 0 Å². The molecule has 0 aromatic heterocycles. The van der Waals surface area contributed by atoms with Gasteiger partial charge in [0.05, 0.1) is 22.3 Å². The molecule has 27 heavy (non-hydrogen) atoms. The second kappa shape index (κ2) is 8.19. The maximum Gasteiger partial charge on any atom is 0.272 e. The quantitative estimate of drug-likeness (QED) is 0.627. The van der Waals surface area contributed by atoms with E-state index in [-0.39, 0.29) is 17.9 Å². The van der Waals surface area contributed by atoms with Crippen molar-refractivity contribution in [2.75, 3.05) is 10.7 Å². The number of carbonyl (C=O) groups is 2. The Morgan fingerprint density at radius 3 is 2.19 bits per heavy atom. The van der Waals surface area contributed by atoms with Crippen molar-refractivity contribution >= 4 is 46.4 Å². The van der Waals surface area contributed by atoms with Gasteiger partial charge in [-0.15, -0.1) is 11.8 Å². The van der Waals surface area contributed by atoms with Crippen LogP contribution in [0.2, 0.25) is 5.02 Å². The molecule has 0 aliphatic carbocycles. The fraction of sp³-hybridized carbons (Fsp3) is 0.238. The Balaban J connectivity index is 1.99. The minimum Gasteiger partial charge on any atom is -0.491 e. The molecule has 0 radical (unpaired) electrons. The summed E-state index contributed by atoms with van der Waals surface area (Å²) in [4.78, 5) is 27.8. The topological polar surface area (TPSA) is 46.6 Å². The van der Waals surface area contributed by atoms with E-state index in [1.165, 1.54) is 16.7 Å². The molecule has 0 saturated heterocycles. The Hall–Kier alpha value is -2.24. The molecule has 4 nitrogen and oxygen atoms in total. The van der Waals surface area contributed by atoms with E-state index in [0.29, 0.717) is 32.5 Å². The van der Waals surface area contributed by atoms with Crippen LogP contribution in [0.5, 0.6) is 5.75 Å². The van der Waals surface area contributed by atoms with Crippen molar-refractivity contribution in [3.05, 3.63) is 64.0 Å². The zero-order valence-corrected chi connectivity index (χ0v) is 16.9. The second-order valence-corrected chi connectivity index (χ2v) is 7.96. The molecule has 1 aliphatic heterocycles. The predicted octanol–water partition coefficient (Wildman–Crippen LogP) is 5.16. The molecular weight excluding hydrogens is 382 g/mol. The number of rotatable bonds is 6. The summed E-state index contributed by atoms with van der Waals surface area (Å²) in [5, 5.41) is 0.551. The molecule has 1 aliphatic rings. The SMILES string of the molecule is CCSC1=C(c2ccc(OC(C)C)cc2)C(=O)N(c2ccc(Cl)cc2)C1=O. The monoisotopic (exact) mass is 401 g/mol. The van der Waals surface area contributed by atoms with Gasteiger partial charge >= 0.3 is 0 Å². The van der Waals surface area contributed by atoms with E-state index in [0.717, 1.165) is 5.75 Å². The third kappa shape index (κ3) is 4.04. The summed E-state index contributed by atoms with van der Waals surface area (Å²) >= 11 is 7.31. The molecule has 1 heterocycles. The van der Waals surface area contributed by atoms with Gasteiger partial charge in [0, 0.05) is 5.02 Å². The third-order valence-corrected chi connectivity index (χ3v) is 5.14. The Bertz CT molecular complexity index is 889. The molecule has 2 aromatic carbocycles. The molecular formula is C21H20ClNO3S. The van der Waals surface area contributed by atoms with Crippen LogP contribution in [0, 0.1) is 0 Å². The van der Waals surface area contributed by atoms with Crippen LogP contribution in [0.4, 0.5) is 5.69 Å². The highest BCUT2D eigenvalue weighted by Crippen LogP contribution is 2.38. The van der Waals surface area contributed by atoms with E-state index < -0.39 is 0 Å². The molecule has 0 spiro atoms. The zero-order valence-electron chi connectivity index (χ0n) is 15.4. The minimum atomic E-state index is -0.323. The Morgan fingerprint density at radius 2 is 1.63 bits per heavy atom. The number of halogens is 1. The Labute approximate surface area is 168 Å². The Kier molecular flexibility index (Phi) is 5.92. The first-order valence-electron chi connectivity index (χ1n) is 8.71. The zero-order chi connectivity index (χ0) is 19.6. The number of imide groups is 1. The van der Waals surface area contributed by atoms with E-state index >= 15 is 0 Å². The molecule has 0 N–H and O–H groups in total. The number of carbonyl (C=O) groups excluding carboxylic acids is 2.